The molecule has 4 rings (SSSR count). The molecule has 0 radical (unpaired) electrons. The fourth-order valence-corrected chi connectivity index (χ4v) is 3.19. The molecule has 27 heavy (non-hydrogen) atoms. The number of benzene rings is 3. The molecular formula is C23H22N4. The van der Waals surface area contributed by atoms with Gasteiger partial charge in [0.25, 0.3) is 0 Å². The van der Waals surface area contributed by atoms with Gasteiger partial charge in [0.2, 0.25) is 0 Å². The molecule has 3 N–H and O–H groups in total. The van der Waals surface area contributed by atoms with Crippen LogP contribution in [-0.2, 0) is 6.42 Å². The van der Waals surface area contributed by atoms with Crippen molar-refractivity contribution in [2.45, 2.75) is 13.3 Å². The number of hydrogen-bond donors (Lipinski definition) is 2. The molecule has 1 heterocycles. The van der Waals surface area contributed by atoms with Gasteiger partial charge in [-0.25, -0.2) is 9.97 Å². The van der Waals surface area contributed by atoms with Crippen LogP contribution in [0.15, 0.2) is 73.1 Å². The van der Waals surface area contributed by atoms with Gasteiger partial charge in [0.15, 0.2) is 0 Å². The maximum atomic E-state index is 5.91. The third-order valence-corrected chi connectivity index (χ3v) is 4.68. The van der Waals surface area contributed by atoms with E-state index in [1.165, 1.54) is 22.3 Å². The van der Waals surface area contributed by atoms with Crippen LogP contribution in [0, 0.1) is 6.92 Å². The zero-order valence-electron chi connectivity index (χ0n) is 15.3. The van der Waals surface area contributed by atoms with Crippen LogP contribution in [0.5, 0.6) is 0 Å². The molecule has 4 nitrogen and oxygen atoms in total. The molecule has 3 aromatic carbocycles. The average molecular weight is 354 g/mol. The van der Waals surface area contributed by atoms with Crippen LogP contribution in [0.4, 0.5) is 11.5 Å². The number of aromatic nitrogens is 2. The van der Waals surface area contributed by atoms with Gasteiger partial charge >= 0.3 is 0 Å². The van der Waals surface area contributed by atoms with Crippen molar-refractivity contribution >= 4 is 22.4 Å². The van der Waals surface area contributed by atoms with Gasteiger partial charge in [-0.1, -0.05) is 54.1 Å². The Bertz CT molecular complexity index is 1070. The zero-order valence-corrected chi connectivity index (χ0v) is 15.3. The molecule has 134 valence electrons. The highest BCUT2D eigenvalue weighted by atomic mass is 15.0. The molecule has 0 saturated heterocycles. The van der Waals surface area contributed by atoms with Gasteiger partial charge in [0.1, 0.15) is 12.1 Å². The summed E-state index contributed by atoms with van der Waals surface area (Å²) >= 11 is 0. The molecule has 0 aliphatic carbocycles. The Morgan fingerprint density at radius 3 is 2.59 bits per heavy atom. The van der Waals surface area contributed by atoms with E-state index in [-0.39, 0.29) is 0 Å². The average Bonchev–Trinajstić information content (AvgIpc) is 2.69. The van der Waals surface area contributed by atoms with Crippen molar-refractivity contribution in [3.8, 4) is 11.1 Å². The number of nitrogens with two attached hydrogens (primary N) is 1. The first kappa shape index (κ1) is 17.0. The quantitative estimate of drug-likeness (QED) is 0.503. The Morgan fingerprint density at radius 2 is 1.74 bits per heavy atom. The van der Waals surface area contributed by atoms with Gasteiger partial charge in [-0.15, -0.1) is 0 Å². The Balaban J connectivity index is 1.48. The first-order valence-corrected chi connectivity index (χ1v) is 9.09. The summed E-state index contributed by atoms with van der Waals surface area (Å²) in [6.45, 7) is 2.90. The van der Waals surface area contributed by atoms with E-state index in [4.69, 9.17) is 5.73 Å². The molecule has 0 aliphatic heterocycles. The van der Waals surface area contributed by atoms with Crippen molar-refractivity contribution in [3.63, 3.8) is 0 Å². The van der Waals surface area contributed by atoms with Gasteiger partial charge < -0.3 is 11.1 Å². The highest BCUT2D eigenvalue weighted by Crippen LogP contribution is 2.23. The molecule has 0 unspecified atom stereocenters. The standard InChI is InChI=1S/C23H22N4/c1-16-5-7-18(8-6-16)19-4-2-3-17(13-19)11-12-25-23-21-14-20(24)9-10-22(21)26-15-27-23/h2-10,13-15H,11-12,24H2,1H3,(H,25,26,27). The summed E-state index contributed by atoms with van der Waals surface area (Å²) in [6.07, 6.45) is 2.49. The molecule has 0 saturated carbocycles. The number of anilines is 2. The molecule has 0 fully saturated rings. The second kappa shape index (κ2) is 7.46. The summed E-state index contributed by atoms with van der Waals surface area (Å²) in [5.41, 5.74) is 12.6. The van der Waals surface area contributed by atoms with Gasteiger partial charge in [-0.2, -0.15) is 0 Å². The summed E-state index contributed by atoms with van der Waals surface area (Å²) in [5, 5.41) is 4.37. The Labute approximate surface area is 159 Å². The number of aryl methyl sites for hydroxylation is 1. The number of fused-ring (bicyclic) bond motifs is 1. The third kappa shape index (κ3) is 3.90. The van der Waals surface area contributed by atoms with Crippen molar-refractivity contribution in [1.82, 2.24) is 9.97 Å². The number of rotatable bonds is 5. The van der Waals surface area contributed by atoms with Crippen LogP contribution < -0.4 is 11.1 Å². The van der Waals surface area contributed by atoms with Crippen molar-refractivity contribution in [1.29, 1.82) is 0 Å². The van der Waals surface area contributed by atoms with Crippen LogP contribution in [0.1, 0.15) is 11.1 Å². The van der Waals surface area contributed by atoms with Crippen molar-refractivity contribution < 1.29 is 0 Å². The molecular weight excluding hydrogens is 332 g/mol. The van der Waals surface area contributed by atoms with E-state index in [9.17, 15) is 0 Å². The Hall–Kier alpha value is -3.40. The minimum atomic E-state index is 0.714. The minimum absolute atomic E-state index is 0.714. The highest BCUT2D eigenvalue weighted by molar-refractivity contribution is 5.91. The number of nitrogen functional groups attached to an aromatic ring is 1. The fraction of sp³-hybridized carbons (Fsp3) is 0.130. The Morgan fingerprint density at radius 1 is 0.889 bits per heavy atom. The highest BCUT2D eigenvalue weighted by Gasteiger charge is 2.04. The number of hydrogen-bond acceptors (Lipinski definition) is 4. The second-order valence-corrected chi connectivity index (χ2v) is 6.74. The molecule has 0 spiro atoms. The van der Waals surface area contributed by atoms with E-state index >= 15 is 0 Å². The largest absolute Gasteiger partial charge is 0.399 e. The Kier molecular flexibility index (Phi) is 4.71. The van der Waals surface area contributed by atoms with Crippen LogP contribution in [0.2, 0.25) is 0 Å². The molecule has 1 aromatic heterocycles. The maximum absolute atomic E-state index is 5.91. The maximum Gasteiger partial charge on any atom is 0.137 e. The van der Waals surface area contributed by atoms with Crippen molar-refractivity contribution in [2.75, 3.05) is 17.6 Å². The summed E-state index contributed by atoms with van der Waals surface area (Å²) in [7, 11) is 0. The SMILES string of the molecule is Cc1ccc(-c2cccc(CCNc3ncnc4ccc(N)cc34)c2)cc1. The monoisotopic (exact) mass is 354 g/mol. The summed E-state index contributed by atoms with van der Waals surface area (Å²) in [4.78, 5) is 8.67. The number of nitrogens with one attached hydrogen (secondary N) is 1. The van der Waals surface area contributed by atoms with Gasteiger partial charge in [0.05, 0.1) is 5.52 Å². The molecule has 0 aliphatic rings. The number of nitrogens with zero attached hydrogens (tertiary/aromatic N) is 2. The van der Waals surface area contributed by atoms with Crippen LogP contribution >= 0.6 is 0 Å². The van der Waals surface area contributed by atoms with Crippen molar-refractivity contribution in [3.05, 3.63) is 84.2 Å². The van der Waals surface area contributed by atoms with Crippen molar-refractivity contribution in [2.24, 2.45) is 0 Å². The van der Waals surface area contributed by atoms with E-state index in [0.717, 1.165) is 29.7 Å². The van der Waals surface area contributed by atoms with Crippen LogP contribution in [0.25, 0.3) is 22.0 Å². The van der Waals surface area contributed by atoms with Gasteiger partial charge in [-0.3, -0.25) is 0 Å². The molecule has 4 heteroatoms. The zero-order chi connectivity index (χ0) is 18.6. The third-order valence-electron chi connectivity index (χ3n) is 4.68. The van der Waals surface area contributed by atoms with E-state index in [1.54, 1.807) is 6.33 Å². The van der Waals surface area contributed by atoms with Gasteiger partial charge in [0, 0.05) is 17.6 Å². The topological polar surface area (TPSA) is 63.8 Å². The van der Waals surface area contributed by atoms with E-state index in [1.807, 2.05) is 18.2 Å². The first-order valence-electron chi connectivity index (χ1n) is 9.09. The lowest BCUT2D eigenvalue weighted by Gasteiger charge is -2.10. The lowest BCUT2D eigenvalue weighted by atomic mass is 10.0. The predicted octanol–water partition coefficient (Wildman–Crippen LogP) is 4.84. The van der Waals surface area contributed by atoms with E-state index < -0.39 is 0 Å². The van der Waals surface area contributed by atoms with E-state index in [0.29, 0.717) is 5.69 Å². The van der Waals surface area contributed by atoms with Crippen LogP contribution in [-0.4, -0.2) is 16.5 Å². The summed E-state index contributed by atoms with van der Waals surface area (Å²) < 4.78 is 0. The second-order valence-electron chi connectivity index (χ2n) is 6.74. The molecule has 4 aromatic rings. The van der Waals surface area contributed by atoms with Gasteiger partial charge in [-0.05, 0) is 48.2 Å². The summed E-state index contributed by atoms with van der Waals surface area (Å²) in [5.74, 6) is 0.821. The lowest BCUT2D eigenvalue weighted by Crippen LogP contribution is -2.07. The summed E-state index contributed by atoms with van der Waals surface area (Å²) in [6, 6.07) is 23.0. The normalized spacial score (nSPS) is 10.9. The fourth-order valence-electron chi connectivity index (χ4n) is 3.19. The molecule has 0 amide bonds. The predicted molar refractivity (Wildman–Crippen MR) is 113 cm³/mol. The van der Waals surface area contributed by atoms with Crippen LogP contribution in [0.3, 0.4) is 0 Å². The van der Waals surface area contributed by atoms with E-state index in [2.05, 4.69) is 70.7 Å². The first-order chi connectivity index (χ1) is 13.2. The smallest absolute Gasteiger partial charge is 0.137 e. The lowest BCUT2D eigenvalue weighted by molar-refractivity contribution is 1.01. The minimum Gasteiger partial charge on any atom is -0.399 e. The molecule has 0 bridgehead atoms. The molecule has 0 atom stereocenters.